The number of rotatable bonds is 8. The number of aliphatic hydroxyl groups is 1. The zero-order valence-electron chi connectivity index (χ0n) is 15.7. The average Bonchev–Trinajstić information content (AvgIpc) is 3.10. The molecule has 0 aliphatic rings. The van der Waals surface area contributed by atoms with Crippen LogP contribution in [-0.2, 0) is 13.2 Å². The Morgan fingerprint density at radius 2 is 1.55 bits per heavy atom. The van der Waals surface area contributed by atoms with Crippen molar-refractivity contribution in [2.45, 2.75) is 19.3 Å². The molecular formula is C23H21ClN2O3. The van der Waals surface area contributed by atoms with E-state index >= 15 is 0 Å². The quantitative estimate of drug-likeness (QED) is 0.458. The maximum absolute atomic E-state index is 10.6. The lowest BCUT2D eigenvalue weighted by Crippen LogP contribution is -2.25. The third-order valence-electron chi connectivity index (χ3n) is 4.49. The topological polar surface area (TPSA) is 56.5 Å². The van der Waals surface area contributed by atoms with Crippen molar-refractivity contribution in [2.24, 2.45) is 0 Å². The lowest BCUT2D eigenvalue weighted by atomic mass is 10.3. The second kappa shape index (κ2) is 8.99. The van der Waals surface area contributed by atoms with Crippen LogP contribution in [0.15, 0.2) is 78.9 Å². The molecule has 0 radical (unpaired) electrons. The zero-order valence-corrected chi connectivity index (χ0v) is 16.5. The summed E-state index contributed by atoms with van der Waals surface area (Å²) in [7, 11) is 0. The highest BCUT2D eigenvalue weighted by molar-refractivity contribution is 6.30. The zero-order chi connectivity index (χ0) is 20.1. The molecule has 148 valence electrons. The highest BCUT2D eigenvalue weighted by Gasteiger charge is 2.15. The SMILES string of the molecule is O[C@@H](COc1ccccc1)Cn1c(COc2ccc(Cl)cc2)nc2ccccc21. The number of hydrogen-bond donors (Lipinski definition) is 1. The summed E-state index contributed by atoms with van der Waals surface area (Å²) in [5.74, 6) is 2.18. The van der Waals surface area contributed by atoms with Crippen molar-refractivity contribution in [3.05, 3.63) is 89.7 Å². The third kappa shape index (κ3) is 4.88. The average molecular weight is 409 g/mol. The summed E-state index contributed by atoms with van der Waals surface area (Å²) in [5.41, 5.74) is 1.80. The van der Waals surface area contributed by atoms with Gasteiger partial charge in [-0.15, -0.1) is 0 Å². The van der Waals surface area contributed by atoms with Gasteiger partial charge in [0.25, 0.3) is 0 Å². The van der Waals surface area contributed by atoms with Crippen molar-refractivity contribution in [3.63, 3.8) is 0 Å². The van der Waals surface area contributed by atoms with Gasteiger partial charge in [0.05, 0.1) is 17.6 Å². The van der Waals surface area contributed by atoms with Gasteiger partial charge in [-0.1, -0.05) is 41.9 Å². The Hall–Kier alpha value is -3.02. The minimum Gasteiger partial charge on any atom is -0.491 e. The summed E-state index contributed by atoms with van der Waals surface area (Å²) in [6.07, 6.45) is -0.693. The molecule has 4 rings (SSSR count). The van der Waals surface area contributed by atoms with Crippen LogP contribution in [0.4, 0.5) is 0 Å². The molecule has 1 aromatic heterocycles. The maximum atomic E-state index is 10.6. The maximum Gasteiger partial charge on any atom is 0.148 e. The molecule has 0 bridgehead atoms. The molecule has 0 aliphatic carbocycles. The van der Waals surface area contributed by atoms with E-state index in [4.69, 9.17) is 21.1 Å². The molecule has 1 N–H and O–H groups in total. The highest BCUT2D eigenvalue weighted by Crippen LogP contribution is 2.20. The largest absolute Gasteiger partial charge is 0.491 e. The van der Waals surface area contributed by atoms with E-state index in [9.17, 15) is 5.11 Å². The van der Waals surface area contributed by atoms with Gasteiger partial charge in [-0.05, 0) is 48.5 Å². The minimum absolute atomic E-state index is 0.188. The van der Waals surface area contributed by atoms with Crippen molar-refractivity contribution in [3.8, 4) is 11.5 Å². The fourth-order valence-electron chi connectivity index (χ4n) is 3.09. The van der Waals surface area contributed by atoms with Gasteiger partial charge in [0.2, 0.25) is 0 Å². The van der Waals surface area contributed by atoms with Crippen molar-refractivity contribution in [1.82, 2.24) is 9.55 Å². The Kier molecular flexibility index (Phi) is 5.98. The fraction of sp³-hybridized carbons (Fsp3) is 0.174. The molecule has 0 amide bonds. The van der Waals surface area contributed by atoms with Crippen LogP contribution in [-0.4, -0.2) is 27.4 Å². The first-order valence-electron chi connectivity index (χ1n) is 9.37. The normalized spacial score (nSPS) is 12.1. The van der Waals surface area contributed by atoms with E-state index in [0.717, 1.165) is 22.6 Å². The number of imidazole rings is 1. The smallest absolute Gasteiger partial charge is 0.148 e. The van der Waals surface area contributed by atoms with Gasteiger partial charge in [-0.3, -0.25) is 0 Å². The lowest BCUT2D eigenvalue weighted by molar-refractivity contribution is 0.0917. The summed E-state index contributed by atoms with van der Waals surface area (Å²) in [5, 5.41) is 11.2. The first kappa shape index (κ1) is 19.3. The number of halogens is 1. The molecule has 0 saturated heterocycles. The van der Waals surface area contributed by atoms with Crippen molar-refractivity contribution >= 4 is 22.6 Å². The number of hydrogen-bond acceptors (Lipinski definition) is 4. The van der Waals surface area contributed by atoms with Crippen LogP contribution in [0.2, 0.25) is 5.02 Å². The molecule has 5 nitrogen and oxygen atoms in total. The predicted octanol–water partition coefficient (Wildman–Crippen LogP) is 4.71. The van der Waals surface area contributed by atoms with Crippen molar-refractivity contribution < 1.29 is 14.6 Å². The number of aliphatic hydroxyl groups excluding tert-OH is 1. The van der Waals surface area contributed by atoms with E-state index in [0.29, 0.717) is 17.3 Å². The molecule has 0 aliphatic heterocycles. The lowest BCUT2D eigenvalue weighted by Gasteiger charge is -2.16. The summed E-state index contributed by atoms with van der Waals surface area (Å²) in [4.78, 5) is 4.68. The molecular weight excluding hydrogens is 388 g/mol. The van der Waals surface area contributed by atoms with Crippen LogP contribution in [0.5, 0.6) is 11.5 Å². The molecule has 4 aromatic rings. The second-order valence-corrected chi connectivity index (χ2v) is 7.08. The molecule has 29 heavy (non-hydrogen) atoms. The van der Waals surface area contributed by atoms with E-state index in [-0.39, 0.29) is 13.2 Å². The minimum atomic E-state index is -0.693. The van der Waals surface area contributed by atoms with Crippen LogP contribution >= 0.6 is 11.6 Å². The first-order valence-corrected chi connectivity index (χ1v) is 9.75. The molecule has 0 spiro atoms. The predicted molar refractivity (Wildman–Crippen MR) is 113 cm³/mol. The molecule has 1 atom stereocenters. The van der Waals surface area contributed by atoms with E-state index < -0.39 is 6.10 Å². The fourth-order valence-corrected chi connectivity index (χ4v) is 3.22. The van der Waals surface area contributed by atoms with Crippen LogP contribution in [0.25, 0.3) is 11.0 Å². The molecule has 6 heteroatoms. The molecule has 0 fully saturated rings. The number of benzene rings is 3. The van der Waals surface area contributed by atoms with E-state index in [1.165, 1.54) is 0 Å². The van der Waals surface area contributed by atoms with Gasteiger partial charge >= 0.3 is 0 Å². The van der Waals surface area contributed by atoms with Gasteiger partial charge < -0.3 is 19.1 Å². The van der Waals surface area contributed by atoms with E-state index in [2.05, 4.69) is 4.98 Å². The Morgan fingerprint density at radius 1 is 0.862 bits per heavy atom. The Balaban J connectivity index is 1.49. The number of para-hydroxylation sites is 3. The van der Waals surface area contributed by atoms with Crippen LogP contribution in [0.1, 0.15) is 5.82 Å². The Morgan fingerprint density at radius 3 is 2.34 bits per heavy atom. The molecule has 0 unspecified atom stereocenters. The number of fused-ring (bicyclic) bond motifs is 1. The van der Waals surface area contributed by atoms with Crippen LogP contribution in [0.3, 0.4) is 0 Å². The van der Waals surface area contributed by atoms with Gasteiger partial charge in [-0.25, -0.2) is 4.98 Å². The van der Waals surface area contributed by atoms with Gasteiger partial charge in [0.1, 0.15) is 36.6 Å². The van der Waals surface area contributed by atoms with Gasteiger partial charge in [0, 0.05) is 5.02 Å². The summed E-state index contributed by atoms with van der Waals surface area (Å²) >= 11 is 5.93. The number of nitrogens with zero attached hydrogens (tertiary/aromatic N) is 2. The van der Waals surface area contributed by atoms with Crippen LogP contribution in [0, 0.1) is 0 Å². The van der Waals surface area contributed by atoms with Crippen molar-refractivity contribution in [1.29, 1.82) is 0 Å². The van der Waals surface area contributed by atoms with Crippen LogP contribution < -0.4 is 9.47 Å². The van der Waals surface area contributed by atoms with Gasteiger partial charge in [0.15, 0.2) is 0 Å². The number of aromatic nitrogens is 2. The Labute approximate surface area is 174 Å². The standard InChI is InChI=1S/C23H21ClN2O3/c24-17-10-12-20(13-11-17)29-16-23-25-21-8-4-5-9-22(21)26(23)14-18(27)15-28-19-6-2-1-3-7-19/h1-13,18,27H,14-16H2/t18-/m1/s1. The molecule has 1 heterocycles. The monoisotopic (exact) mass is 408 g/mol. The first-order chi connectivity index (χ1) is 14.2. The molecule has 0 saturated carbocycles. The van der Waals surface area contributed by atoms with Gasteiger partial charge in [-0.2, -0.15) is 0 Å². The Bertz CT molecular complexity index is 1060. The van der Waals surface area contributed by atoms with E-state index in [1.54, 1.807) is 12.1 Å². The number of ether oxygens (including phenoxy) is 2. The summed E-state index contributed by atoms with van der Waals surface area (Å²) in [6, 6.07) is 24.5. The van der Waals surface area contributed by atoms with Crippen molar-refractivity contribution in [2.75, 3.05) is 6.61 Å². The molecule has 3 aromatic carbocycles. The summed E-state index contributed by atoms with van der Waals surface area (Å²) < 4.78 is 13.5. The highest BCUT2D eigenvalue weighted by atomic mass is 35.5. The second-order valence-electron chi connectivity index (χ2n) is 6.65. The summed E-state index contributed by atoms with van der Waals surface area (Å²) in [6.45, 7) is 0.823. The van der Waals surface area contributed by atoms with E-state index in [1.807, 2.05) is 71.3 Å². The third-order valence-corrected chi connectivity index (χ3v) is 4.75.